The van der Waals surface area contributed by atoms with E-state index in [1.807, 2.05) is 18.7 Å². The van der Waals surface area contributed by atoms with Crippen molar-refractivity contribution in [2.75, 3.05) is 6.54 Å². The third-order valence-corrected chi connectivity index (χ3v) is 5.87. The quantitative estimate of drug-likeness (QED) is 0.804. The number of aromatic amines is 1. The molecule has 116 valence electrons. The van der Waals surface area contributed by atoms with Crippen molar-refractivity contribution in [2.45, 2.75) is 52.2 Å². The smallest absolute Gasteiger partial charge is 0.411 e. The fourth-order valence-electron chi connectivity index (χ4n) is 4.24. The van der Waals surface area contributed by atoms with Gasteiger partial charge in [0.05, 0.1) is 0 Å². The van der Waals surface area contributed by atoms with Crippen molar-refractivity contribution < 1.29 is 9.53 Å². The second-order valence-corrected chi connectivity index (χ2v) is 7.26. The van der Waals surface area contributed by atoms with Crippen LogP contribution < -0.4 is 0 Å². The number of rotatable bonds is 0. The van der Waals surface area contributed by atoms with E-state index in [2.05, 4.69) is 37.9 Å². The van der Waals surface area contributed by atoms with E-state index in [1.165, 1.54) is 33.3 Å². The summed E-state index contributed by atoms with van der Waals surface area (Å²) in [5, 5.41) is 1.29. The summed E-state index contributed by atoms with van der Waals surface area (Å²) in [7, 11) is 0. The van der Waals surface area contributed by atoms with Gasteiger partial charge in [0.2, 0.25) is 0 Å². The van der Waals surface area contributed by atoms with Gasteiger partial charge in [-0.15, -0.1) is 0 Å². The second-order valence-electron chi connectivity index (χ2n) is 7.26. The maximum Gasteiger partial charge on any atom is 0.411 e. The van der Waals surface area contributed by atoms with E-state index in [1.54, 1.807) is 0 Å². The Bertz CT molecular complexity index is 818. The van der Waals surface area contributed by atoms with Crippen LogP contribution in [0.25, 0.3) is 10.9 Å². The summed E-state index contributed by atoms with van der Waals surface area (Å²) in [6, 6.07) is 4.32. The molecule has 4 heteroatoms. The van der Waals surface area contributed by atoms with E-state index < -0.39 is 11.1 Å². The summed E-state index contributed by atoms with van der Waals surface area (Å²) in [6.07, 6.45) is 0.663. The number of ether oxygens (including phenoxy) is 1. The first-order valence-electron chi connectivity index (χ1n) is 7.89. The number of carbonyl (C=O) groups is 1. The Morgan fingerprint density at radius 2 is 1.95 bits per heavy atom. The zero-order chi connectivity index (χ0) is 15.9. The monoisotopic (exact) mass is 298 g/mol. The summed E-state index contributed by atoms with van der Waals surface area (Å²) in [5.41, 5.74) is 5.18. The Morgan fingerprint density at radius 1 is 1.23 bits per heavy atom. The van der Waals surface area contributed by atoms with Crippen LogP contribution in [0.5, 0.6) is 0 Å². The Balaban J connectivity index is 2.14. The van der Waals surface area contributed by atoms with Crippen LogP contribution >= 0.6 is 0 Å². The highest BCUT2D eigenvalue weighted by Gasteiger charge is 2.59. The number of fused-ring (bicyclic) bond motifs is 2. The summed E-state index contributed by atoms with van der Waals surface area (Å²) >= 11 is 0. The molecule has 1 saturated heterocycles. The fraction of sp³-hybridized carbons (Fsp3) is 0.500. The number of hydrogen-bond donors (Lipinski definition) is 1. The maximum absolute atomic E-state index is 12.4. The van der Waals surface area contributed by atoms with Crippen molar-refractivity contribution in [1.29, 1.82) is 0 Å². The van der Waals surface area contributed by atoms with E-state index in [4.69, 9.17) is 4.74 Å². The molecule has 0 bridgehead atoms. The molecule has 1 atom stereocenters. The molecule has 2 aliphatic rings. The molecule has 1 amide bonds. The van der Waals surface area contributed by atoms with Gasteiger partial charge in [-0.3, -0.25) is 4.90 Å². The molecule has 1 aromatic heterocycles. The number of H-pyrrole nitrogens is 1. The molecule has 0 aliphatic carbocycles. The van der Waals surface area contributed by atoms with Gasteiger partial charge in [-0.2, -0.15) is 0 Å². The van der Waals surface area contributed by atoms with E-state index in [0.717, 1.165) is 6.42 Å². The van der Waals surface area contributed by atoms with Crippen LogP contribution in [0.1, 0.15) is 43.2 Å². The van der Waals surface area contributed by atoms with Crippen LogP contribution in [-0.2, 0) is 16.7 Å². The van der Waals surface area contributed by atoms with Gasteiger partial charge in [0.25, 0.3) is 0 Å². The minimum atomic E-state index is -0.556. The lowest BCUT2D eigenvalue weighted by Crippen LogP contribution is -2.50. The third-order valence-electron chi connectivity index (χ3n) is 5.87. The van der Waals surface area contributed by atoms with Crippen LogP contribution in [0, 0.1) is 13.8 Å². The number of amides is 1. The van der Waals surface area contributed by atoms with Gasteiger partial charge in [0.15, 0.2) is 0 Å². The SMILES string of the molecule is Cc1[nH]c2c(C)ccc3c2c1CCN1C(=O)OC(C)(C)[C@@]31C. The van der Waals surface area contributed by atoms with Gasteiger partial charge in [-0.25, -0.2) is 4.79 Å². The third kappa shape index (κ3) is 1.36. The number of nitrogens with zero attached hydrogens (tertiary/aromatic N) is 1. The van der Waals surface area contributed by atoms with Crippen molar-refractivity contribution in [3.05, 3.63) is 34.5 Å². The van der Waals surface area contributed by atoms with Gasteiger partial charge >= 0.3 is 6.09 Å². The molecule has 1 fully saturated rings. The van der Waals surface area contributed by atoms with E-state index in [9.17, 15) is 4.79 Å². The lowest BCUT2D eigenvalue weighted by Gasteiger charge is -2.40. The topological polar surface area (TPSA) is 45.3 Å². The van der Waals surface area contributed by atoms with Crippen LogP contribution in [-0.4, -0.2) is 28.1 Å². The highest BCUT2D eigenvalue weighted by atomic mass is 16.6. The number of hydrogen-bond acceptors (Lipinski definition) is 2. The first kappa shape index (κ1) is 13.7. The molecule has 2 aliphatic heterocycles. The average molecular weight is 298 g/mol. The van der Waals surface area contributed by atoms with Crippen molar-refractivity contribution in [3.63, 3.8) is 0 Å². The lowest BCUT2D eigenvalue weighted by atomic mass is 9.76. The number of aryl methyl sites for hydroxylation is 2. The zero-order valence-electron chi connectivity index (χ0n) is 13.8. The Hall–Kier alpha value is -1.97. The van der Waals surface area contributed by atoms with E-state index >= 15 is 0 Å². The molecule has 0 saturated carbocycles. The molecule has 1 aromatic carbocycles. The predicted octanol–water partition coefficient (Wildman–Crippen LogP) is 3.79. The van der Waals surface area contributed by atoms with Gasteiger partial charge < -0.3 is 9.72 Å². The van der Waals surface area contributed by atoms with Gasteiger partial charge in [-0.05, 0) is 57.7 Å². The molecule has 0 radical (unpaired) electrons. The summed E-state index contributed by atoms with van der Waals surface area (Å²) < 4.78 is 5.71. The van der Waals surface area contributed by atoms with Crippen molar-refractivity contribution in [3.8, 4) is 0 Å². The van der Waals surface area contributed by atoms with Gasteiger partial charge in [-0.1, -0.05) is 12.1 Å². The average Bonchev–Trinajstić information content (AvgIpc) is 2.77. The molecule has 22 heavy (non-hydrogen) atoms. The first-order chi connectivity index (χ1) is 10.3. The predicted molar refractivity (Wildman–Crippen MR) is 86.1 cm³/mol. The molecule has 2 aromatic rings. The molecular formula is C18H22N2O2. The molecule has 4 rings (SSSR count). The number of benzene rings is 1. The molecule has 0 spiro atoms. The first-order valence-corrected chi connectivity index (χ1v) is 7.89. The Morgan fingerprint density at radius 3 is 2.68 bits per heavy atom. The summed E-state index contributed by atoms with van der Waals surface area (Å²) in [6.45, 7) is 11.1. The number of cyclic esters (lactones) is 1. The highest BCUT2D eigenvalue weighted by molar-refractivity contribution is 5.93. The lowest BCUT2D eigenvalue weighted by molar-refractivity contribution is 0.0242. The fourth-order valence-corrected chi connectivity index (χ4v) is 4.24. The van der Waals surface area contributed by atoms with Crippen LogP contribution in [0.4, 0.5) is 4.79 Å². The number of carbonyl (C=O) groups excluding carboxylic acids is 1. The van der Waals surface area contributed by atoms with Crippen LogP contribution in [0.2, 0.25) is 0 Å². The number of nitrogens with one attached hydrogen (secondary N) is 1. The Kier molecular flexibility index (Phi) is 2.40. The van der Waals surface area contributed by atoms with E-state index in [0.29, 0.717) is 6.54 Å². The van der Waals surface area contributed by atoms with E-state index in [-0.39, 0.29) is 6.09 Å². The molecule has 1 N–H and O–H groups in total. The van der Waals surface area contributed by atoms with Crippen LogP contribution in [0.15, 0.2) is 12.1 Å². The summed E-state index contributed by atoms with van der Waals surface area (Å²) in [4.78, 5) is 17.9. The Labute approximate surface area is 130 Å². The minimum absolute atomic E-state index is 0.201. The largest absolute Gasteiger partial charge is 0.440 e. The molecule has 4 nitrogen and oxygen atoms in total. The molecular weight excluding hydrogens is 276 g/mol. The van der Waals surface area contributed by atoms with Gasteiger partial charge in [0, 0.05) is 23.1 Å². The molecule has 3 heterocycles. The highest BCUT2D eigenvalue weighted by Crippen LogP contribution is 2.51. The van der Waals surface area contributed by atoms with Gasteiger partial charge in [0.1, 0.15) is 11.1 Å². The van der Waals surface area contributed by atoms with Crippen molar-refractivity contribution in [1.82, 2.24) is 9.88 Å². The summed E-state index contributed by atoms with van der Waals surface area (Å²) in [5.74, 6) is 0. The molecule has 0 unspecified atom stereocenters. The number of aromatic nitrogens is 1. The second kappa shape index (κ2) is 3.86. The minimum Gasteiger partial charge on any atom is -0.440 e. The standard InChI is InChI=1S/C18H22N2O2/c1-10-6-7-13-14-12(11(2)19-15(10)14)8-9-20-16(21)22-17(3,4)18(13,20)5/h6-7,19H,8-9H2,1-5H3/t18-/m1/s1. The van der Waals surface area contributed by atoms with Crippen molar-refractivity contribution >= 4 is 17.0 Å². The normalized spacial score (nSPS) is 26.0. The van der Waals surface area contributed by atoms with Crippen molar-refractivity contribution in [2.24, 2.45) is 0 Å². The zero-order valence-corrected chi connectivity index (χ0v) is 13.8. The maximum atomic E-state index is 12.4. The van der Waals surface area contributed by atoms with Crippen LogP contribution in [0.3, 0.4) is 0 Å².